The minimum Gasteiger partial charge on any atom is -0.285 e. The van der Waals surface area contributed by atoms with Crippen LogP contribution in [0.5, 0.6) is 0 Å². The van der Waals surface area contributed by atoms with E-state index in [1.165, 1.54) is 0 Å². The highest BCUT2D eigenvalue weighted by Gasteiger charge is 2.24. The number of rotatable bonds is 3. The van der Waals surface area contributed by atoms with Gasteiger partial charge in [-0.3, -0.25) is 9.98 Å². The molecule has 1 heterocycles. The van der Waals surface area contributed by atoms with Gasteiger partial charge < -0.3 is 0 Å². The maximum atomic E-state index is 4.51. The van der Waals surface area contributed by atoms with E-state index in [2.05, 4.69) is 44.6 Å². The van der Waals surface area contributed by atoms with Crippen molar-refractivity contribution in [1.29, 1.82) is 0 Å². The van der Waals surface area contributed by atoms with Crippen LogP contribution in [0.15, 0.2) is 29.4 Å². The van der Waals surface area contributed by atoms with Crippen LogP contribution in [-0.2, 0) is 0 Å². The SMILES string of the molecule is [CH2]C(C)(CC(C)(C)C)N=Cc1ccccn1. The minimum atomic E-state index is -0.282. The summed E-state index contributed by atoms with van der Waals surface area (Å²) in [7, 11) is 0. The molecule has 1 aromatic rings. The lowest BCUT2D eigenvalue weighted by Gasteiger charge is -2.28. The molecule has 0 saturated carbocycles. The van der Waals surface area contributed by atoms with Crippen molar-refractivity contribution in [2.24, 2.45) is 10.4 Å². The summed E-state index contributed by atoms with van der Waals surface area (Å²) in [5.74, 6) is 0. The molecule has 0 aromatic carbocycles. The number of aromatic nitrogens is 1. The smallest absolute Gasteiger partial charge is 0.0808 e. The van der Waals surface area contributed by atoms with Crippen LogP contribution >= 0.6 is 0 Å². The zero-order valence-electron chi connectivity index (χ0n) is 10.7. The highest BCUT2D eigenvalue weighted by molar-refractivity contribution is 5.77. The molecule has 0 aliphatic heterocycles. The van der Waals surface area contributed by atoms with E-state index in [4.69, 9.17) is 0 Å². The van der Waals surface area contributed by atoms with Gasteiger partial charge in [-0.1, -0.05) is 26.8 Å². The van der Waals surface area contributed by atoms with Gasteiger partial charge in [0.2, 0.25) is 0 Å². The maximum Gasteiger partial charge on any atom is 0.0808 e. The second-order valence-corrected chi connectivity index (χ2v) is 5.75. The molecule has 0 amide bonds. The van der Waals surface area contributed by atoms with Gasteiger partial charge in [-0.05, 0) is 37.8 Å². The summed E-state index contributed by atoms with van der Waals surface area (Å²) in [6.45, 7) is 12.8. The summed E-state index contributed by atoms with van der Waals surface area (Å²) in [6, 6.07) is 5.80. The predicted molar refractivity (Wildman–Crippen MR) is 69.7 cm³/mol. The summed E-state index contributed by atoms with van der Waals surface area (Å²) in [4.78, 5) is 8.71. The van der Waals surface area contributed by atoms with Gasteiger partial charge in [0.15, 0.2) is 0 Å². The molecule has 87 valence electrons. The Morgan fingerprint density at radius 2 is 2.00 bits per heavy atom. The van der Waals surface area contributed by atoms with E-state index in [0.29, 0.717) is 0 Å². The van der Waals surface area contributed by atoms with E-state index in [1.54, 1.807) is 12.4 Å². The van der Waals surface area contributed by atoms with Crippen molar-refractivity contribution in [1.82, 2.24) is 4.98 Å². The quantitative estimate of drug-likeness (QED) is 0.711. The summed E-state index contributed by atoms with van der Waals surface area (Å²) in [5.41, 5.74) is 0.833. The first-order chi connectivity index (χ1) is 7.29. The molecule has 1 aromatic heterocycles. The first kappa shape index (κ1) is 12.9. The molecule has 0 aliphatic carbocycles. The molecule has 16 heavy (non-hydrogen) atoms. The summed E-state index contributed by atoms with van der Waals surface area (Å²) >= 11 is 0. The van der Waals surface area contributed by atoms with Crippen LogP contribution in [0.1, 0.15) is 39.8 Å². The number of hydrogen-bond acceptors (Lipinski definition) is 2. The topological polar surface area (TPSA) is 25.2 Å². The van der Waals surface area contributed by atoms with E-state index >= 15 is 0 Å². The first-order valence-corrected chi connectivity index (χ1v) is 5.60. The Balaban J connectivity index is 2.69. The lowest BCUT2D eigenvalue weighted by molar-refractivity contribution is 0.308. The van der Waals surface area contributed by atoms with Crippen molar-refractivity contribution < 1.29 is 0 Å². The lowest BCUT2D eigenvalue weighted by atomic mass is 9.82. The van der Waals surface area contributed by atoms with E-state index < -0.39 is 0 Å². The van der Waals surface area contributed by atoms with Crippen LogP contribution in [0.4, 0.5) is 0 Å². The lowest BCUT2D eigenvalue weighted by Crippen LogP contribution is -2.25. The van der Waals surface area contributed by atoms with E-state index in [9.17, 15) is 0 Å². The second kappa shape index (κ2) is 4.77. The molecule has 0 bridgehead atoms. The molecule has 1 rings (SSSR count). The highest BCUT2D eigenvalue weighted by Crippen LogP contribution is 2.28. The summed E-state index contributed by atoms with van der Waals surface area (Å²) in [6.07, 6.45) is 4.52. The average Bonchev–Trinajstić information content (AvgIpc) is 2.13. The fourth-order valence-electron chi connectivity index (χ4n) is 1.86. The van der Waals surface area contributed by atoms with Crippen molar-refractivity contribution in [2.45, 2.75) is 39.7 Å². The van der Waals surface area contributed by atoms with Gasteiger partial charge in [-0.2, -0.15) is 0 Å². The van der Waals surface area contributed by atoms with Gasteiger partial charge >= 0.3 is 0 Å². The van der Waals surface area contributed by atoms with Gasteiger partial charge in [0.05, 0.1) is 11.2 Å². The van der Waals surface area contributed by atoms with Gasteiger partial charge in [-0.15, -0.1) is 0 Å². The third kappa shape index (κ3) is 5.06. The molecule has 1 radical (unpaired) electrons. The molecule has 2 heteroatoms. The van der Waals surface area contributed by atoms with Crippen molar-refractivity contribution >= 4 is 6.21 Å². The monoisotopic (exact) mass is 217 g/mol. The van der Waals surface area contributed by atoms with Crippen LogP contribution in [0.25, 0.3) is 0 Å². The molecule has 1 atom stereocenters. The Morgan fingerprint density at radius 3 is 2.50 bits per heavy atom. The summed E-state index contributed by atoms with van der Waals surface area (Å²) < 4.78 is 0. The molecule has 0 spiro atoms. The summed E-state index contributed by atoms with van der Waals surface area (Å²) in [5, 5.41) is 0. The molecule has 0 fully saturated rings. The Hall–Kier alpha value is -1.18. The molecule has 0 saturated heterocycles. The molecular weight excluding hydrogens is 196 g/mol. The van der Waals surface area contributed by atoms with Crippen molar-refractivity contribution in [3.8, 4) is 0 Å². The van der Waals surface area contributed by atoms with Gasteiger partial charge in [0.25, 0.3) is 0 Å². The normalized spacial score (nSPS) is 13.3. The molecule has 1 unspecified atom stereocenters. The maximum absolute atomic E-state index is 4.51. The standard InChI is InChI=1S/C14H21N2/c1-13(2,3)11-14(4,5)16-10-12-8-6-7-9-15-12/h6-10H,4,11H2,1-3,5H3. The zero-order valence-corrected chi connectivity index (χ0v) is 10.7. The number of hydrogen-bond donors (Lipinski definition) is 0. The van der Waals surface area contributed by atoms with Crippen LogP contribution in [0.3, 0.4) is 0 Å². The largest absolute Gasteiger partial charge is 0.285 e. The molecule has 0 N–H and O–H groups in total. The van der Waals surface area contributed by atoms with Gasteiger partial charge in [0.1, 0.15) is 0 Å². The van der Waals surface area contributed by atoms with Crippen molar-refractivity contribution in [3.05, 3.63) is 37.0 Å². The van der Waals surface area contributed by atoms with E-state index in [-0.39, 0.29) is 11.0 Å². The van der Waals surface area contributed by atoms with Crippen LogP contribution < -0.4 is 0 Å². The van der Waals surface area contributed by atoms with E-state index in [1.807, 2.05) is 18.2 Å². The predicted octanol–water partition coefficient (Wildman–Crippen LogP) is 3.53. The molecule has 2 nitrogen and oxygen atoms in total. The second-order valence-electron chi connectivity index (χ2n) is 5.75. The van der Waals surface area contributed by atoms with E-state index in [0.717, 1.165) is 12.1 Å². The number of aliphatic imine (C=N–C) groups is 1. The highest BCUT2D eigenvalue weighted by atomic mass is 14.8. The first-order valence-electron chi connectivity index (χ1n) is 5.60. The van der Waals surface area contributed by atoms with Gasteiger partial charge in [-0.25, -0.2) is 0 Å². The van der Waals surface area contributed by atoms with Crippen molar-refractivity contribution in [3.63, 3.8) is 0 Å². The number of pyridine rings is 1. The van der Waals surface area contributed by atoms with Crippen LogP contribution in [0.2, 0.25) is 0 Å². The molecule has 0 aliphatic rings. The molecular formula is C14H21N2. The number of nitrogens with zero attached hydrogens (tertiary/aromatic N) is 2. The fraction of sp³-hybridized carbons (Fsp3) is 0.500. The Bertz CT molecular complexity index is 345. The van der Waals surface area contributed by atoms with Crippen molar-refractivity contribution in [2.75, 3.05) is 0 Å². The van der Waals surface area contributed by atoms with Crippen LogP contribution in [-0.4, -0.2) is 16.7 Å². The Morgan fingerprint density at radius 1 is 1.31 bits per heavy atom. The minimum absolute atomic E-state index is 0.234. The third-order valence-corrected chi connectivity index (χ3v) is 2.11. The zero-order chi connectivity index (χ0) is 12.2. The average molecular weight is 217 g/mol. The Kier molecular flexibility index (Phi) is 3.84. The van der Waals surface area contributed by atoms with Crippen LogP contribution in [0, 0.1) is 12.3 Å². The Labute approximate surface area is 98.8 Å². The third-order valence-electron chi connectivity index (χ3n) is 2.11. The van der Waals surface area contributed by atoms with Gasteiger partial charge in [0, 0.05) is 12.4 Å². The fourth-order valence-corrected chi connectivity index (χ4v) is 1.86.